The Morgan fingerprint density at radius 1 is 1.35 bits per heavy atom. The first-order chi connectivity index (χ1) is 8.13. The maximum absolute atomic E-state index is 12.4. The lowest BCUT2D eigenvalue weighted by atomic mass is 9.95. The molecular weight excluding hydrogens is 212 g/mol. The number of nitrogens with one attached hydrogen (secondary N) is 1. The third-order valence-corrected chi connectivity index (χ3v) is 4.45. The predicted molar refractivity (Wildman–Crippen MR) is 69.8 cm³/mol. The standard InChI is InChI=1S/C14H26N2O/c1-4-10(2)11(3)16-9-5-6-13(14(16)17)15-12-7-8-12/h10-13,15H,4-9H2,1-3H3. The highest BCUT2D eigenvalue weighted by molar-refractivity contribution is 5.83. The van der Waals surface area contributed by atoms with E-state index in [9.17, 15) is 4.79 Å². The second kappa shape index (κ2) is 5.38. The van der Waals surface area contributed by atoms with E-state index in [0.29, 0.717) is 23.9 Å². The Balaban J connectivity index is 1.94. The van der Waals surface area contributed by atoms with Crippen molar-refractivity contribution < 1.29 is 4.79 Å². The van der Waals surface area contributed by atoms with Gasteiger partial charge in [-0.15, -0.1) is 0 Å². The second-order valence-electron chi connectivity index (χ2n) is 5.79. The van der Waals surface area contributed by atoms with Gasteiger partial charge in [-0.3, -0.25) is 4.79 Å². The van der Waals surface area contributed by atoms with Gasteiger partial charge in [0.05, 0.1) is 6.04 Å². The zero-order valence-electron chi connectivity index (χ0n) is 11.4. The molecule has 2 fully saturated rings. The molecule has 1 saturated carbocycles. The number of carbonyl (C=O) groups excluding carboxylic acids is 1. The third-order valence-electron chi connectivity index (χ3n) is 4.45. The molecule has 1 N–H and O–H groups in total. The monoisotopic (exact) mass is 238 g/mol. The fourth-order valence-corrected chi connectivity index (χ4v) is 2.64. The van der Waals surface area contributed by atoms with Crippen molar-refractivity contribution in [3.05, 3.63) is 0 Å². The van der Waals surface area contributed by atoms with E-state index >= 15 is 0 Å². The molecule has 0 radical (unpaired) electrons. The van der Waals surface area contributed by atoms with Crippen LogP contribution in [0, 0.1) is 5.92 Å². The van der Waals surface area contributed by atoms with Crippen LogP contribution in [0.25, 0.3) is 0 Å². The van der Waals surface area contributed by atoms with Crippen LogP contribution in [0.1, 0.15) is 52.9 Å². The van der Waals surface area contributed by atoms with Crippen LogP contribution >= 0.6 is 0 Å². The van der Waals surface area contributed by atoms with Crippen LogP contribution in [0.15, 0.2) is 0 Å². The molecule has 3 heteroatoms. The summed E-state index contributed by atoms with van der Waals surface area (Å²) >= 11 is 0. The molecule has 1 saturated heterocycles. The second-order valence-corrected chi connectivity index (χ2v) is 5.79. The molecule has 0 aromatic rings. The van der Waals surface area contributed by atoms with Crippen molar-refractivity contribution in [3.8, 4) is 0 Å². The van der Waals surface area contributed by atoms with Crippen LogP contribution in [0.4, 0.5) is 0 Å². The molecule has 17 heavy (non-hydrogen) atoms. The Kier molecular flexibility index (Phi) is 4.08. The van der Waals surface area contributed by atoms with Crippen LogP contribution in [0.5, 0.6) is 0 Å². The summed E-state index contributed by atoms with van der Waals surface area (Å²) in [6.45, 7) is 7.60. The Bertz CT molecular complexity index is 275. The molecule has 98 valence electrons. The van der Waals surface area contributed by atoms with Gasteiger partial charge in [0.1, 0.15) is 0 Å². The molecule has 2 rings (SSSR count). The summed E-state index contributed by atoms with van der Waals surface area (Å²) in [5.41, 5.74) is 0. The molecule has 0 bridgehead atoms. The highest BCUT2D eigenvalue weighted by Crippen LogP contribution is 2.25. The van der Waals surface area contributed by atoms with Gasteiger partial charge in [-0.1, -0.05) is 20.3 Å². The highest BCUT2D eigenvalue weighted by atomic mass is 16.2. The average molecular weight is 238 g/mol. The van der Waals surface area contributed by atoms with Crippen LogP contribution < -0.4 is 5.32 Å². The summed E-state index contributed by atoms with van der Waals surface area (Å²) in [6.07, 6.45) is 5.83. The lowest BCUT2D eigenvalue weighted by molar-refractivity contribution is -0.139. The Labute approximate surface area is 105 Å². The number of carbonyl (C=O) groups is 1. The first-order valence-electron chi connectivity index (χ1n) is 7.20. The van der Waals surface area contributed by atoms with Gasteiger partial charge in [-0.25, -0.2) is 0 Å². The van der Waals surface area contributed by atoms with Crippen molar-refractivity contribution in [2.75, 3.05) is 6.54 Å². The molecule has 3 atom stereocenters. The zero-order valence-corrected chi connectivity index (χ0v) is 11.4. The summed E-state index contributed by atoms with van der Waals surface area (Å²) in [7, 11) is 0. The SMILES string of the molecule is CCC(C)C(C)N1CCCC(NC2CC2)C1=O. The van der Waals surface area contributed by atoms with Gasteiger partial charge in [0.15, 0.2) is 0 Å². The van der Waals surface area contributed by atoms with Gasteiger partial charge in [0.25, 0.3) is 0 Å². The number of likely N-dealkylation sites (tertiary alicyclic amines) is 1. The van der Waals surface area contributed by atoms with Crippen molar-refractivity contribution in [1.29, 1.82) is 0 Å². The van der Waals surface area contributed by atoms with Crippen molar-refractivity contribution in [1.82, 2.24) is 10.2 Å². The smallest absolute Gasteiger partial charge is 0.239 e. The van der Waals surface area contributed by atoms with Crippen LogP contribution in [-0.2, 0) is 4.79 Å². The number of piperidine rings is 1. The quantitative estimate of drug-likeness (QED) is 0.796. The Morgan fingerprint density at radius 2 is 2.06 bits per heavy atom. The minimum absolute atomic E-state index is 0.0998. The van der Waals surface area contributed by atoms with Gasteiger partial charge in [-0.2, -0.15) is 0 Å². The number of amides is 1. The van der Waals surface area contributed by atoms with E-state index in [-0.39, 0.29) is 6.04 Å². The molecule has 1 heterocycles. The molecule has 3 nitrogen and oxygen atoms in total. The van der Waals surface area contributed by atoms with E-state index < -0.39 is 0 Å². The van der Waals surface area contributed by atoms with Gasteiger partial charge in [-0.05, 0) is 38.5 Å². The molecular formula is C14H26N2O. The molecule has 0 aromatic carbocycles. The maximum Gasteiger partial charge on any atom is 0.239 e. The third kappa shape index (κ3) is 3.01. The highest BCUT2D eigenvalue weighted by Gasteiger charge is 2.35. The molecule has 1 aliphatic heterocycles. The van der Waals surface area contributed by atoms with E-state index in [1.807, 2.05) is 0 Å². The Hall–Kier alpha value is -0.570. The molecule has 2 aliphatic rings. The topological polar surface area (TPSA) is 32.3 Å². The van der Waals surface area contributed by atoms with Crippen molar-refractivity contribution >= 4 is 5.91 Å². The molecule has 0 aromatic heterocycles. The van der Waals surface area contributed by atoms with Crippen LogP contribution in [0.2, 0.25) is 0 Å². The minimum Gasteiger partial charge on any atom is -0.338 e. The summed E-state index contributed by atoms with van der Waals surface area (Å²) in [5, 5.41) is 3.49. The summed E-state index contributed by atoms with van der Waals surface area (Å²) < 4.78 is 0. The summed E-state index contributed by atoms with van der Waals surface area (Å²) in [5.74, 6) is 0.939. The molecule has 1 aliphatic carbocycles. The number of hydrogen-bond donors (Lipinski definition) is 1. The predicted octanol–water partition coefficient (Wildman–Crippen LogP) is 2.16. The molecule has 3 unspecified atom stereocenters. The maximum atomic E-state index is 12.4. The fourth-order valence-electron chi connectivity index (χ4n) is 2.64. The van der Waals surface area contributed by atoms with Gasteiger partial charge in [0, 0.05) is 18.6 Å². The lowest BCUT2D eigenvalue weighted by Gasteiger charge is -2.39. The number of nitrogens with zero attached hydrogens (tertiary/aromatic N) is 1. The minimum atomic E-state index is 0.0998. The normalized spacial score (nSPS) is 29.2. The molecule has 0 spiro atoms. The van der Waals surface area contributed by atoms with Crippen molar-refractivity contribution in [3.63, 3.8) is 0 Å². The number of rotatable bonds is 5. The summed E-state index contributed by atoms with van der Waals surface area (Å²) in [6, 6.07) is 1.11. The van der Waals surface area contributed by atoms with Crippen LogP contribution in [-0.4, -0.2) is 35.5 Å². The van der Waals surface area contributed by atoms with Crippen molar-refractivity contribution in [2.24, 2.45) is 5.92 Å². The summed E-state index contributed by atoms with van der Waals surface area (Å²) in [4.78, 5) is 14.5. The average Bonchev–Trinajstić information content (AvgIpc) is 3.14. The van der Waals surface area contributed by atoms with Gasteiger partial charge < -0.3 is 10.2 Å². The lowest BCUT2D eigenvalue weighted by Crippen LogP contribution is -2.55. The molecule has 1 amide bonds. The van der Waals surface area contributed by atoms with E-state index in [0.717, 1.165) is 25.8 Å². The van der Waals surface area contributed by atoms with Gasteiger partial charge >= 0.3 is 0 Å². The Morgan fingerprint density at radius 3 is 2.65 bits per heavy atom. The fraction of sp³-hybridized carbons (Fsp3) is 0.929. The van der Waals surface area contributed by atoms with E-state index in [2.05, 4.69) is 31.0 Å². The van der Waals surface area contributed by atoms with E-state index in [1.165, 1.54) is 12.8 Å². The van der Waals surface area contributed by atoms with Crippen LogP contribution in [0.3, 0.4) is 0 Å². The van der Waals surface area contributed by atoms with E-state index in [1.54, 1.807) is 0 Å². The van der Waals surface area contributed by atoms with E-state index in [4.69, 9.17) is 0 Å². The van der Waals surface area contributed by atoms with Crippen molar-refractivity contribution in [2.45, 2.75) is 71.0 Å². The first-order valence-corrected chi connectivity index (χ1v) is 7.20. The van der Waals surface area contributed by atoms with Gasteiger partial charge in [0.2, 0.25) is 5.91 Å². The number of hydrogen-bond acceptors (Lipinski definition) is 2. The zero-order chi connectivity index (χ0) is 12.4. The first kappa shape index (κ1) is 12.9. The largest absolute Gasteiger partial charge is 0.338 e.